The highest BCUT2D eigenvalue weighted by Gasteiger charge is 2.11. The number of carboxylic acid groups (broad SMARTS) is 1. The van der Waals surface area contributed by atoms with Crippen molar-refractivity contribution in [1.29, 1.82) is 0 Å². The van der Waals surface area contributed by atoms with Gasteiger partial charge in [0.05, 0.1) is 13.5 Å². The van der Waals surface area contributed by atoms with Crippen LogP contribution in [0.4, 0.5) is 0 Å². The molecule has 0 aromatic carbocycles. The SMILES string of the molecule is C/C=C/C=C(\CC(=O)OC)C(=O)O. The zero-order chi connectivity index (χ0) is 10.3. The lowest BCUT2D eigenvalue weighted by Gasteiger charge is -1.98. The molecule has 13 heavy (non-hydrogen) atoms. The number of hydrogen-bond acceptors (Lipinski definition) is 3. The van der Waals surface area contributed by atoms with Gasteiger partial charge >= 0.3 is 11.9 Å². The molecule has 0 aliphatic heterocycles. The summed E-state index contributed by atoms with van der Waals surface area (Å²) in [5, 5.41) is 8.63. The molecule has 0 saturated carbocycles. The Balaban J connectivity index is 4.44. The maximum atomic E-state index is 10.7. The van der Waals surface area contributed by atoms with Crippen LogP contribution in [0.2, 0.25) is 0 Å². The molecule has 0 radical (unpaired) electrons. The highest BCUT2D eigenvalue weighted by molar-refractivity contribution is 5.92. The van der Waals surface area contributed by atoms with Gasteiger partial charge < -0.3 is 9.84 Å². The number of ether oxygens (including phenoxy) is 1. The smallest absolute Gasteiger partial charge is 0.332 e. The summed E-state index contributed by atoms with van der Waals surface area (Å²) in [5.41, 5.74) is 0.0185. The van der Waals surface area contributed by atoms with E-state index in [0.29, 0.717) is 0 Å². The van der Waals surface area contributed by atoms with Crippen molar-refractivity contribution in [2.75, 3.05) is 7.11 Å². The molecule has 0 spiro atoms. The Morgan fingerprint density at radius 2 is 2.08 bits per heavy atom. The van der Waals surface area contributed by atoms with E-state index >= 15 is 0 Å². The van der Waals surface area contributed by atoms with Crippen molar-refractivity contribution in [3.63, 3.8) is 0 Å². The minimum absolute atomic E-state index is 0.0185. The maximum absolute atomic E-state index is 10.7. The van der Waals surface area contributed by atoms with Crippen LogP contribution < -0.4 is 0 Å². The summed E-state index contributed by atoms with van der Waals surface area (Å²) in [5.74, 6) is -1.67. The zero-order valence-electron chi connectivity index (χ0n) is 7.61. The lowest BCUT2D eigenvalue weighted by atomic mass is 10.2. The summed E-state index contributed by atoms with van der Waals surface area (Å²) in [4.78, 5) is 21.3. The molecule has 1 N–H and O–H groups in total. The van der Waals surface area contributed by atoms with Crippen LogP contribution in [0.25, 0.3) is 0 Å². The van der Waals surface area contributed by atoms with E-state index in [0.717, 1.165) is 0 Å². The Morgan fingerprint density at radius 1 is 1.46 bits per heavy atom. The van der Waals surface area contributed by atoms with E-state index in [1.807, 2.05) is 0 Å². The second-order valence-corrected chi connectivity index (χ2v) is 2.28. The van der Waals surface area contributed by atoms with E-state index in [-0.39, 0.29) is 12.0 Å². The summed E-state index contributed by atoms with van der Waals surface area (Å²) in [7, 11) is 1.22. The Bertz CT molecular complexity index is 250. The van der Waals surface area contributed by atoms with Crippen LogP contribution in [0.5, 0.6) is 0 Å². The van der Waals surface area contributed by atoms with Gasteiger partial charge in [-0.05, 0) is 6.92 Å². The van der Waals surface area contributed by atoms with Crippen LogP contribution in [-0.2, 0) is 14.3 Å². The minimum Gasteiger partial charge on any atom is -0.478 e. The largest absolute Gasteiger partial charge is 0.478 e. The summed E-state index contributed by atoms with van der Waals surface area (Å²) < 4.78 is 4.34. The van der Waals surface area contributed by atoms with Crippen molar-refractivity contribution in [3.8, 4) is 0 Å². The van der Waals surface area contributed by atoms with E-state index < -0.39 is 11.9 Å². The van der Waals surface area contributed by atoms with E-state index in [1.54, 1.807) is 19.1 Å². The number of carbonyl (C=O) groups excluding carboxylic acids is 1. The number of carboxylic acids is 1. The minimum atomic E-state index is -1.11. The van der Waals surface area contributed by atoms with E-state index in [9.17, 15) is 9.59 Å². The fraction of sp³-hybridized carbons (Fsp3) is 0.333. The molecule has 0 aromatic rings. The molecule has 0 aliphatic rings. The van der Waals surface area contributed by atoms with Crippen molar-refractivity contribution in [3.05, 3.63) is 23.8 Å². The molecule has 0 saturated heterocycles. The molecule has 72 valence electrons. The third-order valence-corrected chi connectivity index (χ3v) is 1.33. The van der Waals surface area contributed by atoms with Crippen molar-refractivity contribution in [2.24, 2.45) is 0 Å². The normalized spacial score (nSPS) is 11.7. The first-order valence-corrected chi connectivity index (χ1v) is 3.73. The van der Waals surface area contributed by atoms with Crippen molar-refractivity contribution < 1.29 is 19.4 Å². The average Bonchev–Trinajstić information content (AvgIpc) is 2.11. The standard InChI is InChI=1S/C9H12O4/c1-3-4-5-7(9(11)12)6-8(10)13-2/h3-5H,6H2,1-2H3,(H,11,12)/b4-3+,7-5+. The van der Waals surface area contributed by atoms with E-state index in [4.69, 9.17) is 5.11 Å². The lowest BCUT2D eigenvalue weighted by molar-refractivity contribution is -0.142. The summed E-state index contributed by atoms with van der Waals surface area (Å²) in [6, 6.07) is 0. The molecule has 0 bridgehead atoms. The number of allylic oxidation sites excluding steroid dienone is 3. The second-order valence-electron chi connectivity index (χ2n) is 2.28. The molecule has 0 unspecified atom stereocenters. The molecule has 0 aliphatic carbocycles. The molecule has 0 aromatic heterocycles. The number of methoxy groups -OCH3 is 1. The van der Waals surface area contributed by atoms with Gasteiger partial charge in [-0.2, -0.15) is 0 Å². The molecular formula is C9H12O4. The maximum Gasteiger partial charge on any atom is 0.332 e. The van der Waals surface area contributed by atoms with Crippen molar-refractivity contribution >= 4 is 11.9 Å². The molecular weight excluding hydrogens is 172 g/mol. The quantitative estimate of drug-likeness (QED) is 0.404. The topological polar surface area (TPSA) is 63.6 Å². The van der Waals surface area contributed by atoms with Crippen LogP contribution in [0.3, 0.4) is 0 Å². The number of hydrogen-bond donors (Lipinski definition) is 1. The van der Waals surface area contributed by atoms with Crippen molar-refractivity contribution in [2.45, 2.75) is 13.3 Å². The molecule has 0 heterocycles. The fourth-order valence-corrected chi connectivity index (χ4v) is 0.646. The summed E-state index contributed by atoms with van der Waals surface area (Å²) in [6.07, 6.45) is 4.40. The molecule has 0 atom stereocenters. The van der Waals surface area contributed by atoms with Gasteiger partial charge in [0, 0.05) is 5.57 Å². The van der Waals surface area contributed by atoms with Crippen molar-refractivity contribution in [1.82, 2.24) is 0 Å². The van der Waals surface area contributed by atoms with Gasteiger partial charge in [-0.1, -0.05) is 18.2 Å². The third-order valence-electron chi connectivity index (χ3n) is 1.33. The summed E-state index contributed by atoms with van der Waals surface area (Å²) >= 11 is 0. The van der Waals surface area contributed by atoms with Gasteiger partial charge in [0.1, 0.15) is 0 Å². The number of esters is 1. The highest BCUT2D eigenvalue weighted by atomic mass is 16.5. The number of carbonyl (C=O) groups is 2. The van der Waals surface area contributed by atoms with Gasteiger partial charge in [-0.3, -0.25) is 4.79 Å². The molecule has 0 rings (SSSR count). The Morgan fingerprint density at radius 3 is 2.46 bits per heavy atom. The Labute approximate surface area is 76.5 Å². The first-order valence-electron chi connectivity index (χ1n) is 3.73. The third kappa shape index (κ3) is 4.79. The van der Waals surface area contributed by atoms with E-state index in [1.165, 1.54) is 13.2 Å². The summed E-state index contributed by atoms with van der Waals surface area (Å²) in [6.45, 7) is 1.76. The predicted octanol–water partition coefficient (Wildman–Crippen LogP) is 1.14. The average molecular weight is 184 g/mol. The molecule has 0 fully saturated rings. The first-order chi connectivity index (χ1) is 6.11. The number of aliphatic carboxylic acids is 1. The molecule has 0 amide bonds. The number of rotatable bonds is 4. The van der Waals surface area contributed by atoms with Crippen LogP contribution >= 0.6 is 0 Å². The second kappa shape index (κ2) is 5.99. The monoisotopic (exact) mass is 184 g/mol. The fourth-order valence-electron chi connectivity index (χ4n) is 0.646. The van der Waals surface area contributed by atoms with Crippen LogP contribution in [0.15, 0.2) is 23.8 Å². The van der Waals surface area contributed by atoms with Crippen LogP contribution in [0, 0.1) is 0 Å². The molecule has 4 heteroatoms. The van der Waals surface area contributed by atoms with Gasteiger partial charge in [0.25, 0.3) is 0 Å². The van der Waals surface area contributed by atoms with Crippen LogP contribution in [0.1, 0.15) is 13.3 Å². The highest BCUT2D eigenvalue weighted by Crippen LogP contribution is 2.03. The first kappa shape index (κ1) is 11.4. The lowest BCUT2D eigenvalue weighted by Crippen LogP contribution is -2.08. The molecule has 4 nitrogen and oxygen atoms in total. The van der Waals surface area contributed by atoms with Crippen LogP contribution in [-0.4, -0.2) is 24.2 Å². The van der Waals surface area contributed by atoms with Gasteiger partial charge in [-0.25, -0.2) is 4.79 Å². The van der Waals surface area contributed by atoms with Gasteiger partial charge in [0.2, 0.25) is 0 Å². The Hall–Kier alpha value is -1.58. The van der Waals surface area contributed by atoms with Gasteiger partial charge in [-0.15, -0.1) is 0 Å². The van der Waals surface area contributed by atoms with Gasteiger partial charge in [0.15, 0.2) is 0 Å². The predicted molar refractivity (Wildman–Crippen MR) is 47.2 cm³/mol. The zero-order valence-corrected chi connectivity index (χ0v) is 7.61. The Kier molecular flexibility index (Phi) is 5.27. The van der Waals surface area contributed by atoms with E-state index in [2.05, 4.69) is 4.74 Å².